The van der Waals surface area contributed by atoms with Crippen LogP contribution in [-0.4, -0.2) is 4.57 Å². The maximum Gasteiger partial charge on any atom is 0.253 e. The van der Waals surface area contributed by atoms with Gasteiger partial charge in [0.2, 0.25) is 0 Å². The van der Waals surface area contributed by atoms with Crippen LogP contribution in [0.25, 0.3) is 0 Å². The molecule has 0 aliphatic carbocycles. The minimum atomic E-state index is -0.962. The summed E-state index contributed by atoms with van der Waals surface area (Å²) in [5.41, 5.74) is 6.31. The molecule has 5 heteroatoms. The highest BCUT2D eigenvalue weighted by Gasteiger charge is 2.15. The molecular formula is C14H14F2N2O. The maximum absolute atomic E-state index is 13.6. The van der Waals surface area contributed by atoms with E-state index in [0.29, 0.717) is 5.56 Å². The van der Waals surface area contributed by atoms with E-state index >= 15 is 0 Å². The predicted molar refractivity (Wildman–Crippen MR) is 68.7 cm³/mol. The highest BCUT2D eigenvalue weighted by atomic mass is 19.2. The predicted octanol–water partition coefficient (Wildman–Crippen LogP) is 2.13. The number of nitrogens with two attached hydrogens (primary N) is 1. The topological polar surface area (TPSA) is 48.0 Å². The van der Waals surface area contributed by atoms with Crippen LogP contribution >= 0.6 is 0 Å². The summed E-state index contributed by atoms with van der Waals surface area (Å²) in [5.74, 6) is -1.90. The van der Waals surface area contributed by atoms with E-state index in [1.165, 1.54) is 16.7 Å². The summed E-state index contributed by atoms with van der Waals surface area (Å²) in [6.45, 7) is 1.79. The molecule has 2 aromatic rings. The first-order valence-electron chi connectivity index (χ1n) is 5.86. The number of halogens is 2. The SMILES string of the molecule is Cc1cccn(CC(N)c2cccc(F)c2F)c1=O. The van der Waals surface area contributed by atoms with E-state index in [1.807, 2.05) is 0 Å². The zero-order valence-corrected chi connectivity index (χ0v) is 10.4. The van der Waals surface area contributed by atoms with Crippen LogP contribution in [0.15, 0.2) is 41.3 Å². The summed E-state index contributed by atoms with van der Waals surface area (Å²) in [6, 6.07) is 6.47. The van der Waals surface area contributed by atoms with E-state index < -0.39 is 17.7 Å². The zero-order chi connectivity index (χ0) is 14.0. The third kappa shape index (κ3) is 2.71. The van der Waals surface area contributed by atoms with E-state index in [4.69, 9.17) is 5.73 Å². The minimum Gasteiger partial charge on any atom is -0.322 e. The van der Waals surface area contributed by atoms with Crippen LogP contribution in [0.3, 0.4) is 0 Å². The molecule has 2 N–H and O–H groups in total. The molecule has 0 bridgehead atoms. The number of hydrogen-bond donors (Lipinski definition) is 1. The van der Waals surface area contributed by atoms with Gasteiger partial charge in [0, 0.05) is 23.9 Å². The third-order valence-corrected chi connectivity index (χ3v) is 2.98. The van der Waals surface area contributed by atoms with Crippen molar-refractivity contribution in [3.05, 3.63) is 69.6 Å². The van der Waals surface area contributed by atoms with Crippen molar-refractivity contribution in [2.75, 3.05) is 0 Å². The Morgan fingerprint density at radius 3 is 2.74 bits per heavy atom. The van der Waals surface area contributed by atoms with Crippen molar-refractivity contribution in [3.63, 3.8) is 0 Å². The largest absolute Gasteiger partial charge is 0.322 e. The van der Waals surface area contributed by atoms with E-state index in [9.17, 15) is 13.6 Å². The summed E-state index contributed by atoms with van der Waals surface area (Å²) < 4.78 is 28.1. The van der Waals surface area contributed by atoms with Crippen molar-refractivity contribution in [2.24, 2.45) is 5.73 Å². The summed E-state index contributed by atoms with van der Waals surface area (Å²) in [4.78, 5) is 11.8. The van der Waals surface area contributed by atoms with Gasteiger partial charge in [-0.15, -0.1) is 0 Å². The second kappa shape index (κ2) is 5.32. The molecule has 1 aromatic carbocycles. The molecule has 1 atom stereocenters. The fourth-order valence-corrected chi connectivity index (χ4v) is 1.92. The van der Waals surface area contributed by atoms with Gasteiger partial charge in [-0.1, -0.05) is 18.2 Å². The number of aryl methyl sites for hydroxylation is 1. The first-order chi connectivity index (χ1) is 9.00. The van der Waals surface area contributed by atoms with Crippen LogP contribution in [-0.2, 0) is 6.54 Å². The van der Waals surface area contributed by atoms with Crippen molar-refractivity contribution in [1.29, 1.82) is 0 Å². The van der Waals surface area contributed by atoms with E-state index in [-0.39, 0.29) is 17.7 Å². The number of aromatic nitrogens is 1. The Morgan fingerprint density at radius 1 is 1.26 bits per heavy atom. The van der Waals surface area contributed by atoms with Crippen molar-refractivity contribution >= 4 is 0 Å². The lowest BCUT2D eigenvalue weighted by atomic mass is 10.1. The van der Waals surface area contributed by atoms with Gasteiger partial charge < -0.3 is 10.3 Å². The molecule has 0 spiro atoms. The average molecular weight is 264 g/mol. The lowest BCUT2D eigenvalue weighted by Gasteiger charge is -2.15. The maximum atomic E-state index is 13.6. The molecule has 1 unspecified atom stereocenters. The van der Waals surface area contributed by atoms with Gasteiger partial charge in [-0.3, -0.25) is 4.79 Å². The Bertz CT molecular complexity index is 652. The van der Waals surface area contributed by atoms with Crippen LogP contribution < -0.4 is 11.3 Å². The summed E-state index contributed by atoms with van der Waals surface area (Å²) >= 11 is 0. The Morgan fingerprint density at radius 2 is 2.00 bits per heavy atom. The number of hydrogen-bond acceptors (Lipinski definition) is 2. The molecule has 3 nitrogen and oxygen atoms in total. The molecule has 0 amide bonds. The highest BCUT2D eigenvalue weighted by Crippen LogP contribution is 2.18. The minimum absolute atomic E-state index is 0.0633. The molecule has 2 rings (SSSR count). The van der Waals surface area contributed by atoms with Gasteiger partial charge in [0.25, 0.3) is 5.56 Å². The Hall–Kier alpha value is -2.01. The van der Waals surface area contributed by atoms with Gasteiger partial charge in [0.15, 0.2) is 11.6 Å². The molecule has 0 saturated heterocycles. The molecule has 100 valence electrons. The summed E-state index contributed by atoms with van der Waals surface area (Å²) in [6.07, 6.45) is 1.58. The van der Waals surface area contributed by atoms with Gasteiger partial charge >= 0.3 is 0 Å². The van der Waals surface area contributed by atoms with Crippen LogP contribution in [0.4, 0.5) is 8.78 Å². The van der Waals surface area contributed by atoms with Crippen LogP contribution in [0, 0.1) is 18.6 Å². The lowest BCUT2D eigenvalue weighted by Crippen LogP contribution is -2.28. The molecule has 0 aliphatic heterocycles. The van der Waals surface area contributed by atoms with Crippen molar-refractivity contribution in [3.8, 4) is 0 Å². The second-order valence-corrected chi connectivity index (χ2v) is 4.40. The Balaban J connectivity index is 2.31. The van der Waals surface area contributed by atoms with Gasteiger partial charge in [-0.05, 0) is 19.1 Å². The molecule has 0 saturated carbocycles. The summed E-state index contributed by atoms with van der Waals surface area (Å²) in [5, 5.41) is 0. The number of nitrogens with zero attached hydrogens (tertiary/aromatic N) is 1. The molecule has 1 heterocycles. The van der Waals surface area contributed by atoms with Crippen molar-refractivity contribution in [2.45, 2.75) is 19.5 Å². The van der Waals surface area contributed by atoms with Gasteiger partial charge in [-0.2, -0.15) is 0 Å². The first kappa shape index (κ1) is 13.4. The Labute approximate surface area is 109 Å². The van der Waals surface area contributed by atoms with Gasteiger partial charge in [0.1, 0.15) is 0 Å². The molecule has 0 aliphatic rings. The fraction of sp³-hybridized carbons (Fsp3) is 0.214. The van der Waals surface area contributed by atoms with Crippen LogP contribution in [0.5, 0.6) is 0 Å². The smallest absolute Gasteiger partial charge is 0.253 e. The van der Waals surface area contributed by atoms with Gasteiger partial charge in [0.05, 0.1) is 6.04 Å². The lowest BCUT2D eigenvalue weighted by molar-refractivity contribution is 0.472. The normalized spacial score (nSPS) is 12.4. The van der Waals surface area contributed by atoms with E-state index in [2.05, 4.69) is 0 Å². The average Bonchev–Trinajstić information content (AvgIpc) is 2.38. The molecule has 0 radical (unpaired) electrons. The molecule has 19 heavy (non-hydrogen) atoms. The van der Waals surface area contributed by atoms with Crippen molar-refractivity contribution in [1.82, 2.24) is 4.57 Å². The summed E-state index contributed by atoms with van der Waals surface area (Å²) in [7, 11) is 0. The van der Waals surface area contributed by atoms with Gasteiger partial charge in [-0.25, -0.2) is 8.78 Å². The number of rotatable bonds is 3. The van der Waals surface area contributed by atoms with E-state index in [1.54, 1.807) is 25.3 Å². The number of pyridine rings is 1. The first-order valence-corrected chi connectivity index (χ1v) is 5.86. The highest BCUT2D eigenvalue weighted by molar-refractivity contribution is 5.22. The molecule has 0 fully saturated rings. The quantitative estimate of drug-likeness (QED) is 0.923. The molecule has 1 aromatic heterocycles. The number of benzene rings is 1. The van der Waals surface area contributed by atoms with E-state index in [0.717, 1.165) is 6.07 Å². The standard InChI is InChI=1S/C14H14F2N2O/c1-9-4-3-7-18(14(9)19)8-12(17)10-5-2-6-11(15)13(10)16/h2-7,12H,8,17H2,1H3. The second-order valence-electron chi connectivity index (χ2n) is 4.40. The van der Waals surface area contributed by atoms with Crippen molar-refractivity contribution < 1.29 is 8.78 Å². The van der Waals surface area contributed by atoms with Crippen LogP contribution in [0.2, 0.25) is 0 Å². The zero-order valence-electron chi connectivity index (χ0n) is 10.4. The van der Waals surface area contributed by atoms with Crippen LogP contribution in [0.1, 0.15) is 17.2 Å². The molecular weight excluding hydrogens is 250 g/mol. The third-order valence-electron chi connectivity index (χ3n) is 2.98. The monoisotopic (exact) mass is 264 g/mol. The fourth-order valence-electron chi connectivity index (χ4n) is 1.92. The Kier molecular flexibility index (Phi) is 3.76.